The Bertz CT molecular complexity index is 1060. The minimum absolute atomic E-state index is 0.152. The van der Waals surface area contributed by atoms with Crippen LogP contribution in [0.2, 0.25) is 5.02 Å². The quantitative estimate of drug-likeness (QED) is 0.0825. The number of allylic oxidation sites excluding steroid dienone is 1. The van der Waals surface area contributed by atoms with E-state index < -0.39 is 47.8 Å². The fourth-order valence-electron chi connectivity index (χ4n) is 4.55. The smallest absolute Gasteiger partial charge is 0.337 e. The van der Waals surface area contributed by atoms with Crippen LogP contribution >= 0.6 is 11.6 Å². The second kappa shape index (κ2) is 19.8. The van der Waals surface area contributed by atoms with Gasteiger partial charge in [0.25, 0.3) is 0 Å². The Kier molecular flexibility index (Phi) is 17.3. The van der Waals surface area contributed by atoms with Gasteiger partial charge in [0.2, 0.25) is 5.91 Å². The zero-order valence-electron chi connectivity index (χ0n) is 24.2. The molecule has 1 aromatic rings. The maximum Gasteiger partial charge on any atom is 0.337 e. The standard InChI is InChI=1S/C31H44ClNO9/c1-2-3-4-7-10-13-24(34)14-11-8-5-6-9-12-15-25(31(42,30(40)41)21-27(35)36)28(37)33-26(29(38)39)20-22-16-18-23(32)19-17-22/h12,15-19,25-26,42H,2-11,13-14,20-21H2,1H3,(H,33,37)(H,35,36)(H,38,39)(H,40,41)/b15-12+/t25-,26?,31+/m1/s1. The number of nitrogens with one attached hydrogen (secondary N) is 1. The molecule has 5 N–H and O–H groups in total. The number of carboxylic acid groups (broad SMARTS) is 3. The number of ketones is 1. The van der Waals surface area contributed by atoms with Crippen LogP contribution in [0.3, 0.4) is 0 Å². The maximum absolute atomic E-state index is 13.1. The summed E-state index contributed by atoms with van der Waals surface area (Å²) in [5.41, 5.74) is -2.47. The molecule has 0 aliphatic rings. The van der Waals surface area contributed by atoms with Crippen molar-refractivity contribution in [2.24, 2.45) is 5.92 Å². The lowest BCUT2D eigenvalue weighted by molar-refractivity contribution is -0.172. The lowest BCUT2D eigenvalue weighted by Crippen LogP contribution is -2.55. The summed E-state index contributed by atoms with van der Waals surface area (Å²) in [4.78, 5) is 60.3. The molecule has 1 unspecified atom stereocenters. The van der Waals surface area contributed by atoms with Crippen molar-refractivity contribution >= 4 is 41.2 Å². The van der Waals surface area contributed by atoms with E-state index in [2.05, 4.69) is 12.2 Å². The van der Waals surface area contributed by atoms with Crippen LogP contribution in [-0.4, -0.2) is 61.7 Å². The van der Waals surface area contributed by atoms with E-state index in [-0.39, 0.29) is 12.2 Å². The third kappa shape index (κ3) is 14.1. The SMILES string of the molecule is CCCCCCCC(=O)CCCCCC/C=C/[C@H](C(=O)NC(Cc1ccc(Cl)cc1)C(=O)O)[C@@](O)(CC(=O)O)C(=O)O. The van der Waals surface area contributed by atoms with Gasteiger partial charge in [0.1, 0.15) is 11.8 Å². The predicted molar refractivity (Wildman–Crippen MR) is 158 cm³/mol. The normalized spacial score (nSPS) is 14.2. The van der Waals surface area contributed by atoms with Gasteiger partial charge in [-0.1, -0.05) is 81.3 Å². The van der Waals surface area contributed by atoms with E-state index in [1.54, 1.807) is 24.3 Å². The first-order valence-electron chi connectivity index (χ1n) is 14.5. The largest absolute Gasteiger partial charge is 0.481 e. The van der Waals surface area contributed by atoms with Crippen molar-refractivity contribution < 1.29 is 44.4 Å². The van der Waals surface area contributed by atoms with Gasteiger partial charge in [0.15, 0.2) is 5.60 Å². The summed E-state index contributed by atoms with van der Waals surface area (Å²) in [6.07, 6.45) is 11.3. The molecular weight excluding hydrogens is 566 g/mol. The first-order valence-corrected chi connectivity index (χ1v) is 14.9. The van der Waals surface area contributed by atoms with Crippen LogP contribution in [0.5, 0.6) is 0 Å². The molecule has 11 heteroatoms. The molecule has 1 rings (SSSR count). The number of carbonyl (C=O) groups is 5. The summed E-state index contributed by atoms with van der Waals surface area (Å²) in [6, 6.07) is 4.77. The Morgan fingerprint density at radius 2 is 1.45 bits per heavy atom. The molecule has 1 aromatic carbocycles. The predicted octanol–water partition coefficient (Wildman–Crippen LogP) is 5.18. The van der Waals surface area contributed by atoms with E-state index in [1.807, 2.05) is 0 Å². The number of benzene rings is 1. The van der Waals surface area contributed by atoms with Gasteiger partial charge in [-0.2, -0.15) is 0 Å². The van der Waals surface area contributed by atoms with E-state index in [0.29, 0.717) is 36.3 Å². The number of aliphatic hydroxyl groups is 1. The number of carbonyl (C=O) groups excluding carboxylic acids is 2. The molecule has 1 amide bonds. The summed E-state index contributed by atoms with van der Waals surface area (Å²) >= 11 is 5.86. The van der Waals surface area contributed by atoms with Crippen molar-refractivity contribution in [1.82, 2.24) is 5.32 Å². The molecule has 0 saturated heterocycles. The molecule has 0 radical (unpaired) electrons. The molecule has 0 aliphatic carbocycles. The molecular formula is C31H44ClNO9. The van der Waals surface area contributed by atoms with E-state index in [4.69, 9.17) is 11.6 Å². The first-order chi connectivity index (χ1) is 19.9. The number of hydrogen-bond acceptors (Lipinski definition) is 6. The van der Waals surface area contributed by atoms with Gasteiger partial charge >= 0.3 is 17.9 Å². The Hall–Kier alpha value is -3.24. The molecule has 3 atom stereocenters. The Balaban J connectivity index is 2.77. The molecule has 0 saturated carbocycles. The second-order valence-electron chi connectivity index (χ2n) is 10.6. The number of hydrogen-bond donors (Lipinski definition) is 5. The number of unbranched alkanes of at least 4 members (excludes halogenated alkanes) is 8. The van der Waals surface area contributed by atoms with Crippen LogP contribution < -0.4 is 5.32 Å². The molecule has 0 spiro atoms. The van der Waals surface area contributed by atoms with Crippen molar-refractivity contribution in [3.8, 4) is 0 Å². The fraction of sp³-hybridized carbons (Fsp3) is 0.581. The maximum atomic E-state index is 13.1. The summed E-state index contributed by atoms with van der Waals surface area (Å²) in [7, 11) is 0. The highest BCUT2D eigenvalue weighted by molar-refractivity contribution is 6.30. The van der Waals surface area contributed by atoms with Crippen LogP contribution in [0, 0.1) is 5.92 Å². The van der Waals surface area contributed by atoms with Crippen molar-refractivity contribution in [1.29, 1.82) is 0 Å². The number of amides is 1. The summed E-state index contributed by atoms with van der Waals surface area (Å²) in [6.45, 7) is 2.15. The van der Waals surface area contributed by atoms with Gasteiger partial charge in [0, 0.05) is 24.3 Å². The van der Waals surface area contributed by atoms with Crippen molar-refractivity contribution in [3.63, 3.8) is 0 Å². The lowest BCUT2D eigenvalue weighted by atomic mass is 9.82. The van der Waals surface area contributed by atoms with Crippen LogP contribution in [-0.2, 0) is 30.4 Å². The minimum Gasteiger partial charge on any atom is -0.481 e. The second-order valence-corrected chi connectivity index (χ2v) is 11.0. The van der Waals surface area contributed by atoms with Gasteiger partial charge < -0.3 is 25.7 Å². The molecule has 10 nitrogen and oxygen atoms in total. The number of Topliss-reactive ketones (excluding diaryl/α,β-unsaturated/α-hetero) is 1. The average molecular weight is 610 g/mol. The lowest BCUT2D eigenvalue weighted by Gasteiger charge is -2.29. The molecule has 0 heterocycles. The molecule has 42 heavy (non-hydrogen) atoms. The number of halogens is 1. The van der Waals surface area contributed by atoms with Gasteiger partial charge in [-0.15, -0.1) is 0 Å². The van der Waals surface area contributed by atoms with Crippen LogP contribution in [0.1, 0.15) is 96.0 Å². The average Bonchev–Trinajstić information content (AvgIpc) is 2.92. The van der Waals surface area contributed by atoms with Crippen LogP contribution in [0.15, 0.2) is 36.4 Å². The summed E-state index contributed by atoms with van der Waals surface area (Å²) in [5.74, 6) is -7.69. The summed E-state index contributed by atoms with van der Waals surface area (Å²) < 4.78 is 0. The van der Waals surface area contributed by atoms with Gasteiger partial charge in [-0.25, -0.2) is 9.59 Å². The highest BCUT2D eigenvalue weighted by atomic mass is 35.5. The summed E-state index contributed by atoms with van der Waals surface area (Å²) in [5, 5.41) is 42.0. The van der Waals surface area contributed by atoms with Crippen LogP contribution in [0.4, 0.5) is 0 Å². The first kappa shape index (κ1) is 36.8. The van der Waals surface area contributed by atoms with Crippen molar-refractivity contribution in [2.75, 3.05) is 0 Å². The number of carboxylic acids is 3. The van der Waals surface area contributed by atoms with E-state index in [0.717, 1.165) is 51.0 Å². The fourth-order valence-corrected chi connectivity index (χ4v) is 4.68. The Morgan fingerprint density at radius 1 is 0.881 bits per heavy atom. The number of aliphatic carboxylic acids is 3. The third-order valence-electron chi connectivity index (χ3n) is 7.02. The molecule has 0 bridgehead atoms. The molecule has 0 fully saturated rings. The zero-order chi connectivity index (χ0) is 31.5. The minimum atomic E-state index is -3.01. The monoisotopic (exact) mass is 609 g/mol. The highest BCUT2D eigenvalue weighted by Crippen LogP contribution is 2.26. The topological polar surface area (TPSA) is 178 Å². The van der Waals surface area contributed by atoms with E-state index in [1.165, 1.54) is 12.5 Å². The van der Waals surface area contributed by atoms with Crippen molar-refractivity contribution in [2.45, 2.75) is 108 Å². The van der Waals surface area contributed by atoms with Crippen molar-refractivity contribution in [3.05, 3.63) is 47.0 Å². The zero-order valence-corrected chi connectivity index (χ0v) is 25.0. The Labute approximate surface area is 252 Å². The highest BCUT2D eigenvalue weighted by Gasteiger charge is 2.49. The van der Waals surface area contributed by atoms with E-state index >= 15 is 0 Å². The third-order valence-corrected chi connectivity index (χ3v) is 7.27. The molecule has 0 aliphatic heterocycles. The van der Waals surface area contributed by atoms with Gasteiger partial charge in [-0.05, 0) is 43.4 Å². The molecule has 0 aromatic heterocycles. The molecule has 234 valence electrons. The van der Waals surface area contributed by atoms with Crippen LogP contribution in [0.25, 0.3) is 0 Å². The van der Waals surface area contributed by atoms with E-state index in [9.17, 15) is 44.4 Å². The van der Waals surface area contributed by atoms with Gasteiger partial charge in [0.05, 0.1) is 12.3 Å². The number of rotatable bonds is 23. The van der Waals surface area contributed by atoms with Gasteiger partial charge in [-0.3, -0.25) is 14.4 Å². The Morgan fingerprint density at radius 3 is 1.98 bits per heavy atom.